The molecule has 0 atom stereocenters. The smallest absolute Gasteiger partial charge is 0.0490 e. The Morgan fingerprint density at radius 2 is 1.47 bits per heavy atom. The molecule has 2 heteroatoms. The van der Waals surface area contributed by atoms with Crippen LogP contribution in [0.4, 0.5) is 0 Å². The molecule has 0 saturated carbocycles. The highest BCUT2D eigenvalue weighted by molar-refractivity contribution is 8.01. The molecule has 19 heavy (non-hydrogen) atoms. The van der Waals surface area contributed by atoms with E-state index < -0.39 is 0 Å². The summed E-state index contributed by atoms with van der Waals surface area (Å²) in [5.41, 5.74) is 1.24. The summed E-state index contributed by atoms with van der Waals surface area (Å²) in [4.78, 5) is 0. The van der Waals surface area contributed by atoms with Crippen molar-refractivity contribution in [1.82, 2.24) is 0 Å². The highest BCUT2D eigenvalue weighted by Gasteiger charge is 1.97. The van der Waals surface area contributed by atoms with Crippen LogP contribution in [0.15, 0.2) is 28.0 Å². The summed E-state index contributed by atoms with van der Waals surface area (Å²) in [6, 6.07) is 0. The maximum absolute atomic E-state index is 4.46. The Kier molecular flexibility index (Phi) is 10.9. The summed E-state index contributed by atoms with van der Waals surface area (Å²) in [5, 5.41) is 2.03. The third kappa shape index (κ3) is 10.0. The van der Waals surface area contributed by atoms with Gasteiger partial charge in [-0.1, -0.05) is 76.9 Å². The fraction of sp³-hybridized carbons (Fsp3) is 0.706. The number of hydrogen-bond acceptors (Lipinski definition) is 2. The first kappa shape index (κ1) is 16.6. The molecule has 0 spiro atoms. The minimum absolute atomic E-state index is 1.14. The molecular weight excluding hydrogens is 250 g/mol. The quantitative estimate of drug-likeness (QED) is 0.312. The lowest BCUT2D eigenvalue weighted by Crippen LogP contribution is -1.92. The lowest BCUT2D eigenvalue weighted by molar-refractivity contribution is 0.559. The Morgan fingerprint density at radius 3 is 2.16 bits per heavy atom. The van der Waals surface area contributed by atoms with Crippen LogP contribution >= 0.6 is 11.9 Å². The molecule has 0 N–H and O–H groups in total. The van der Waals surface area contributed by atoms with Crippen molar-refractivity contribution in [3.8, 4) is 0 Å². The Hall–Kier alpha value is -0.500. The van der Waals surface area contributed by atoms with E-state index in [1.807, 2.05) is 5.41 Å². The van der Waals surface area contributed by atoms with E-state index in [0.29, 0.717) is 0 Å². The van der Waals surface area contributed by atoms with Gasteiger partial charge in [0, 0.05) is 17.7 Å². The SMILES string of the molecule is CCCCCCCCCCCCC1=NSC=CC=C1. The molecule has 0 radical (unpaired) electrons. The average Bonchev–Trinajstić information content (AvgIpc) is 2.69. The molecule has 1 aliphatic rings. The van der Waals surface area contributed by atoms with E-state index in [2.05, 4.69) is 29.5 Å². The molecule has 0 aromatic rings. The lowest BCUT2D eigenvalue weighted by atomic mass is 10.0. The van der Waals surface area contributed by atoms with Crippen LogP contribution < -0.4 is 0 Å². The van der Waals surface area contributed by atoms with Crippen molar-refractivity contribution in [2.75, 3.05) is 0 Å². The molecule has 0 aromatic heterocycles. The van der Waals surface area contributed by atoms with Crippen LogP contribution in [-0.2, 0) is 0 Å². The van der Waals surface area contributed by atoms with Crippen molar-refractivity contribution < 1.29 is 0 Å². The zero-order chi connectivity index (χ0) is 13.6. The van der Waals surface area contributed by atoms with Crippen molar-refractivity contribution >= 4 is 17.7 Å². The largest absolute Gasteiger partial charge is 0.217 e. The number of nitrogens with zero attached hydrogens (tertiary/aromatic N) is 1. The first-order chi connectivity index (χ1) is 9.43. The first-order valence-electron chi connectivity index (χ1n) is 7.99. The second-order valence-electron chi connectivity index (χ2n) is 5.31. The zero-order valence-corrected chi connectivity index (χ0v) is 13.3. The van der Waals surface area contributed by atoms with E-state index in [0.717, 1.165) is 6.42 Å². The second kappa shape index (κ2) is 12.5. The van der Waals surface area contributed by atoms with Crippen LogP contribution in [0.3, 0.4) is 0 Å². The van der Waals surface area contributed by atoms with E-state index in [-0.39, 0.29) is 0 Å². The first-order valence-corrected chi connectivity index (χ1v) is 8.83. The molecule has 0 aliphatic carbocycles. The Labute approximate surface area is 123 Å². The van der Waals surface area contributed by atoms with Gasteiger partial charge in [0.2, 0.25) is 0 Å². The Balaban J connectivity index is 1.85. The minimum Gasteiger partial charge on any atom is -0.217 e. The number of unbranched alkanes of at least 4 members (excludes halogenated alkanes) is 9. The van der Waals surface area contributed by atoms with E-state index in [1.54, 1.807) is 11.9 Å². The predicted molar refractivity (Wildman–Crippen MR) is 89.8 cm³/mol. The van der Waals surface area contributed by atoms with Gasteiger partial charge in [-0.2, -0.15) is 0 Å². The van der Waals surface area contributed by atoms with Crippen molar-refractivity contribution in [2.24, 2.45) is 4.40 Å². The Bertz CT molecular complexity index is 292. The van der Waals surface area contributed by atoms with Crippen LogP contribution in [0.2, 0.25) is 0 Å². The van der Waals surface area contributed by atoms with Crippen molar-refractivity contribution in [1.29, 1.82) is 0 Å². The number of allylic oxidation sites excluding steroid dienone is 3. The third-order valence-electron chi connectivity index (χ3n) is 3.50. The molecule has 0 fully saturated rings. The van der Waals surface area contributed by atoms with E-state index >= 15 is 0 Å². The standard InChI is InChI=1S/C17H29NS/c1-2-3-4-5-6-7-8-9-10-11-14-17-15-12-13-16-19-18-17/h12-13,15-16H,2-11,14H2,1H3. The lowest BCUT2D eigenvalue weighted by Gasteiger charge is -2.02. The monoisotopic (exact) mass is 279 g/mol. The van der Waals surface area contributed by atoms with Gasteiger partial charge in [0.05, 0.1) is 0 Å². The van der Waals surface area contributed by atoms with Gasteiger partial charge in [0.15, 0.2) is 0 Å². The summed E-state index contributed by atoms with van der Waals surface area (Å²) >= 11 is 1.55. The fourth-order valence-corrected chi connectivity index (χ4v) is 2.81. The molecule has 0 aromatic carbocycles. The summed E-state index contributed by atoms with van der Waals surface area (Å²) in [6.45, 7) is 2.28. The van der Waals surface area contributed by atoms with E-state index in [4.69, 9.17) is 0 Å². The van der Waals surface area contributed by atoms with Crippen LogP contribution in [0.25, 0.3) is 0 Å². The molecule has 0 amide bonds. The van der Waals surface area contributed by atoms with Gasteiger partial charge in [-0.05, 0) is 24.3 Å². The molecule has 108 valence electrons. The fourth-order valence-electron chi connectivity index (χ4n) is 2.30. The van der Waals surface area contributed by atoms with Gasteiger partial charge in [0.25, 0.3) is 0 Å². The number of rotatable bonds is 11. The molecule has 1 heterocycles. The Morgan fingerprint density at radius 1 is 0.842 bits per heavy atom. The van der Waals surface area contributed by atoms with Crippen LogP contribution in [0, 0.1) is 0 Å². The normalized spacial score (nSPS) is 14.5. The molecule has 1 nitrogen and oxygen atoms in total. The van der Waals surface area contributed by atoms with Gasteiger partial charge < -0.3 is 0 Å². The molecule has 0 unspecified atom stereocenters. The summed E-state index contributed by atoms with van der Waals surface area (Å²) < 4.78 is 4.46. The van der Waals surface area contributed by atoms with Gasteiger partial charge in [0.1, 0.15) is 0 Å². The van der Waals surface area contributed by atoms with Crippen molar-refractivity contribution in [3.63, 3.8) is 0 Å². The van der Waals surface area contributed by atoms with Crippen LogP contribution in [-0.4, -0.2) is 5.71 Å². The molecule has 1 aliphatic heterocycles. The van der Waals surface area contributed by atoms with E-state index in [1.165, 1.54) is 69.9 Å². The van der Waals surface area contributed by atoms with E-state index in [9.17, 15) is 0 Å². The maximum Gasteiger partial charge on any atom is 0.0490 e. The summed E-state index contributed by atoms with van der Waals surface area (Å²) in [7, 11) is 0. The van der Waals surface area contributed by atoms with Crippen molar-refractivity contribution in [2.45, 2.75) is 77.6 Å². The van der Waals surface area contributed by atoms with Crippen molar-refractivity contribution in [3.05, 3.63) is 23.6 Å². The third-order valence-corrected chi connectivity index (χ3v) is 4.11. The zero-order valence-electron chi connectivity index (χ0n) is 12.4. The molecule has 1 rings (SSSR count). The highest BCUT2D eigenvalue weighted by Crippen LogP contribution is 2.14. The van der Waals surface area contributed by atoms with Gasteiger partial charge in [-0.3, -0.25) is 0 Å². The van der Waals surface area contributed by atoms with Gasteiger partial charge in [-0.15, -0.1) is 0 Å². The molecule has 0 bridgehead atoms. The topological polar surface area (TPSA) is 12.4 Å². The van der Waals surface area contributed by atoms with Crippen LogP contribution in [0.5, 0.6) is 0 Å². The summed E-state index contributed by atoms with van der Waals surface area (Å²) in [5.74, 6) is 0. The average molecular weight is 279 g/mol. The molecule has 0 saturated heterocycles. The second-order valence-corrected chi connectivity index (χ2v) is 5.97. The minimum atomic E-state index is 1.14. The van der Waals surface area contributed by atoms with Crippen LogP contribution in [0.1, 0.15) is 77.6 Å². The van der Waals surface area contributed by atoms with Gasteiger partial charge >= 0.3 is 0 Å². The number of hydrogen-bond donors (Lipinski definition) is 0. The maximum atomic E-state index is 4.46. The van der Waals surface area contributed by atoms with Gasteiger partial charge in [-0.25, -0.2) is 4.40 Å². The highest BCUT2D eigenvalue weighted by atomic mass is 32.2. The summed E-state index contributed by atoms with van der Waals surface area (Å²) in [6.07, 6.45) is 21.4. The molecular formula is C17H29NS. The predicted octanol–water partition coefficient (Wildman–Crippen LogP) is 6.47.